The van der Waals surface area contributed by atoms with Gasteiger partial charge >= 0.3 is 0 Å². The molecule has 5 heteroatoms. The van der Waals surface area contributed by atoms with Gasteiger partial charge in [-0.15, -0.1) is 0 Å². The molecular formula is C9H21N3O2. The number of isocyanates is 2. The molecule has 5 nitrogen and oxygen atoms in total. The zero-order chi connectivity index (χ0) is 12.2. The van der Waals surface area contributed by atoms with E-state index in [1.807, 2.05) is 14.1 Å². The first-order chi connectivity index (χ1) is 6.66. The third kappa shape index (κ3) is 1950. The predicted octanol–water partition coefficient (Wildman–Crippen LogP) is 1.83. The Kier molecular flexibility index (Phi) is 99.2. The molecule has 0 amide bonds. The fourth-order valence-electron chi connectivity index (χ4n) is 0.354. The Bertz CT molecular complexity index is 112. The SMILES string of the molecule is CCCCC.CNC.N=C=O.N=C=O. The van der Waals surface area contributed by atoms with E-state index >= 15 is 0 Å². The lowest BCUT2D eigenvalue weighted by Crippen LogP contribution is -1.89. The van der Waals surface area contributed by atoms with Crippen LogP contribution in [0.15, 0.2) is 0 Å². The van der Waals surface area contributed by atoms with Crippen molar-refractivity contribution in [2.24, 2.45) is 0 Å². The molecule has 0 spiro atoms. The highest BCUT2D eigenvalue weighted by atomic mass is 16.1. The smallest absolute Gasteiger partial charge is 0.231 e. The van der Waals surface area contributed by atoms with Crippen LogP contribution in [-0.2, 0) is 9.59 Å². The molecule has 0 heterocycles. The van der Waals surface area contributed by atoms with Gasteiger partial charge in [-0.25, -0.2) is 20.4 Å². The van der Waals surface area contributed by atoms with E-state index in [2.05, 4.69) is 19.2 Å². The second-order valence-corrected chi connectivity index (χ2v) is 2.06. The van der Waals surface area contributed by atoms with E-state index in [-0.39, 0.29) is 0 Å². The Hall–Kier alpha value is -1.28. The molecule has 14 heavy (non-hydrogen) atoms. The summed E-state index contributed by atoms with van der Waals surface area (Å²) in [6.07, 6.45) is 5.58. The standard InChI is InChI=1S/C5H12.C2H7N.2CHNO/c1-3-5-4-2;1-3-2;2*2-1-3/h3-5H2,1-2H3;3H,1-2H3;2*2H. The van der Waals surface area contributed by atoms with Gasteiger partial charge in [0.15, 0.2) is 0 Å². The highest BCUT2D eigenvalue weighted by Gasteiger charge is 1.68. The average Bonchev–Trinajstić information content (AvgIpc) is 2.09. The Morgan fingerprint density at radius 2 is 1.14 bits per heavy atom. The van der Waals surface area contributed by atoms with Crippen molar-refractivity contribution in [3.8, 4) is 0 Å². The maximum Gasteiger partial charge on any atom is 0.231 e. The third-order valence-electron chi connectivity index (χ3n) is 0.707. The topological polar surface area (TPSA) is 93.9 Å². The summed E-state index contributed by atoms with van der Waals surface area (Å²) < 4.78 is 0. The van der Waals surface area contributed by atoms with Gasteiger partial charge in [-0.2, -0.15) is 0 Å². The van der Waals surface area contributed by atoms with Crippen LogP contribution in [0.5, 0.6) is 0 Å². The first kappa shape index (κ1) is 23.0. The van der Waals surface area contributed by atoms with Crippen molar-refractivity contribution in [2.75, 3.05) is 14.1 Å². The van der Waals surface area contributed by atoms with Gasteiger partial charge in [0.25, 0.3) is 0 Å². The van der Waals surface area contributed by atoms with Crippen molar-refractivity contribution in [3.05, 3.63) is 0 Å². The average molecular weight is 203 g/mol. The van der Waals surface area contributed by atoms with E-state index in [0.29, 0.717) is 0 Å². The lowest BCUT2D eigenvalue weighted by molar-refractivity contribution is 0.562. The number of hydrogen-bond donors (Lipinski definition) is 3. The van der Waals surface area contributed by atoms with Crippen molar-refractivity contribution in [1.82, 2.24) is 5.32 Å². The summed E-state index contributed by atoms with van der Waals surface area (Å²) in [4.78, 5) is 16.7. The van der Waals surface area contributed by atoms with Gasteiger partial charge in [0.1, 0.15) is 0 Å². The highest BCUT2D eigenvalue weighted by molar-refractivity contribution is 5.26. The molecule has 0 bridgehead atoms. The molecule has 84 valence electrons. The molecule has 0 aliphatic heterocycles. The van der Waals surface area contributed by atoms with E-state index in [9.17, 15) is 0 Å². The zero-order valence-electron chi connectivity index (χ0n) is 9.44. The van der Waals surface area contributed by atoms with Crippen LogP contribution in [0.3, 0.4) is 0 Å². The fraction of sp³-hybridized carbons (Fsp3) is 0.778. The molecule has 0 rings (SSSR count). The number of nitrogens with one attached hydrogen (secondary N) is 3. The van der Waals surface area contributed by atoms with Crippen molar-refractivity contribution in [2.45, 2.75) is 33.1 Å². The second kappa shape index (κ2) is 60.5. The minimum atomic E-state index is 0.750. The number of hydrogen-bond acceptors (Lipinski definition) is 5. The molecule has 0 fully saturated rings. The van der Waals surface area contributed by atoms with E-state index in [4.69, 9.17) is 20.4 Å². The molecule has 0 aromatic carbocycles. The number of carbonyl (C=O) groups excluding carboxylic acids is 2. The lowest BCUT2D eigenvalue weighted by atomic mass is 10.3. The number of rotatable bonds is 2. The quantitative estimate of drug-likeness (QED) is 0.472. The molecule has 0 aromatic heterocycles. The molecular weight excluding hydrogens is 182 g/mol. The summed E-state index contributed by atoms with van der Waals surface area (Å²) in [6, 6.07) is 0. The Balaban J connectivity index is -0.0000000495. The first-order valence-electron chi connectivity index (χ1n) is 4.32. The normalized spacial score (nSPS) is 5.43. The zero-order valence-corrected chi connectivity index (χ0v) is 9.44. The summed E-state index contributed by atoms with van der Waals surface area (Å²) >= 11 is 0. The molecule has 3 N–H and O–H groups in total. The molecule has 0 aliphatic carbocycles. The summed E-state index contributed by atoms with van der Waals surface area (Å²) in [5.74, 6) is 0. The third-order valence-corrected chi connectivity index (χ3v) is 0.707. The van der Waals surface area contributed by atoms with Crippen molar-refractivity contribution in [1.29, 1.82) is 10.8 Å². The first-order valence-corrected chi connectivity index (χ1v) is 4.32. The molecule has 0 radical (unpaired) electrons. The van der Waals surface area contributed by atoms with Crippen LogP contribution in [0.2, 0.25) is 0 Å². The van der Waals surface area contributed by atoms with Crippen LogP contribution in [0.4, 0.5) is 0 Å². The summed E-state index contributed by atoms with van der Waals surface area (Å²) in [7, 11) is 3.75. The summed E-state index contributed by atoms with van der Waals surface area (Å²) in [5.41, 5.74) is 0. The monoisotopic (exact) mass is 203 g/mol. The van der Waals surface area contributed by atoms with Crippen LogP contribution in [-0.4, -0.2) is 26.3 Å². The maximum atomic E-state index is 8.35. The van der Waals surface area contributed by atoms with Gasteiger partial charge in [0, 0.05) is 0 Å². The van der Waals surface area contributed by atoms with Crippen LogP contribution in [0.1, 0.15) is 33.1 Å². The van der Waals surface area contributed by atoms with Crippen LogP contribution in [0.25, 0.3) is 0 Å². The van der Waals surface area contributed by atoms with Gasteiger partial charge in [0.2, 0.25) is 12.2 Å². The molecule has 0 atom stereocenters. The summed E-state index contributed by atoms with van der Waals surface area (Å²) in [5, 5.41) is 13.6. The molecule has 0 saturated heterocycles. The predicted molar refractivity (Wildman–Crippen MR) is 57.0 cm³/mol. The molecule has 0 saturated carbocycles. The maximum absolute atomic E-state index is 8.35. The van der Waals surface area contributed by atoms with E-state index in [1.165, 1.54) is 19.3 Å². The van der Waals surface area contributed by atoms with Crippen molar-refractivity contribution in [3.63, 3.8) is 0 Å². The second-order valence-electron chi connectivity index (χ2n) is 2.06. The van der Waals surface area contributed by atoms with Gasteiger partial charge in [-0.3, -0.25) is 0 Å². The summed E-state index contributed by atoms with van der Waals surface area (Å²) in [6.45, 7) is 4.42. The number of unbranched alkanes of at least 4 members (excludes halogenated alkanes) is 2. The molecule has 0 unspecified atom stereocenters. The largest absolute Gasteiger partial charge is 0.323 e. The van der Waals surface area contributed by atoms with Crippen LogP contribution >= 0.6 is 0 Å². The van der Waals surface area contributed by atoms with Gasteiger partial charge in [0.05, 0.1) is 0 Å². The van der Waals surface area contributed by atoms with Gasteiger partial charge in [-0.05, 0) is 14.1 Å². The van der Waals surface area contributed by atoms with Crippen molar-refractivity contribution < 1.29 is 9.59 Å². The Morgan fingerprint density at radius 1 is 1.00 bits per heavy atom. The highest BCUT2D eigenvalue weighted by Crippen LogP contribution is 1.88. The lowest BCUT2D eigenvalue weighted by Gasteiger charge is -1.79. The van der Waals surface area contributed by atoms with E-state index in [0.717, 1.165) is 12.2 Å². The van der Waals surface area contributed by atoms with Gasteiger partial charge in [-0.1, -0.05) is 33.1 Å². The Morgan fingerprint density at radius 3 is 1.14 bits per heavy atom. The minimum absolute atomic E-state index is 0.750. The van der Waals surface area contributed by atoms with Gasteiger partial charge < -0.3 is 5.32 Å². The molecule has 0 aromatic rings. The van der Waals surface area contributed by atoms with Crippen LogP contribution in [0, 0.1) is 10.8 Å². The van der Waals surface area contributed by atoms with E-state index < -0.39 is 0 Å². The fourth-order valence-corrected chi connectivity index (χ4v) is 0.354. The van der Waals surface area contributed by atoms with Crippen molar-refractivity contribution >= 4 is 12.2 Å². The Labute approximate surface area is 85.9 Å². The molecule has 0 aliphatic rings. The van der Waals surface area contributed by atoms with E-state index in [1.54, 1.807) is 0 Å². The van der Waals surface area contributed by atoms with Crippen LogP contribution < -0.4 is 5.32 Å². The minimum Gasteiger partial charge on any atom is -0.323 e.